The Balaban J connectivity index is 1.97. The molecule has 2 rings (SSSR count). The van der Waals surface area contributed by atoms with Gasteiger partial charge in [-0.2, -0.15) is 0 Å². The molecule has 0 aromatic heterocycles. The van der Waals surface area contributed by atoms with E-state index in [9.17, 15) is 4.39 Å². The van der Waals surface area contributed by atoms with Gasteiger partial charge in [0, 0.05) is 12.6 Å². The first-order valence-corrected chi connectivity index (χ1v) is 6.68. The maximum absolute atomic E-state index is 13.4. The van der Waals surface area contributed by atoms with E-state index < -0.39 is 0 Å². The Morgan fingerprint density at radius 2 is 1.89 bits per heavy atom. The van der Waals surface area contributed by atoms with Crippen LogP contribution in [0.1, 0.15) is 24.1 Å². The van der Waals surface area contributed by atoms with Crippen LogP contribution in [-0.2, 0) is 6.54 Å². The molecule has 1 atom stereocenters. The van der Waals surface area contributed by atoms with E-state index in [1.165, 1.54) is 5.56 Å². The standard InChI is InChI=1S/C15H15BrFN/c1-11(13-5-3-2-4-6-13)18-10-12-7-8-14(16)15(17)9-12/h2-9,11,18H,10H2,1H3. The Morgan fingerprint density at radius 3 is 2.56 bits per heavy atom. The van der Waals surface area contributed by atoms with Crippen molar-refractivity contribution >= 4 is 15.9 Å². The lowest BCUT2D eigenvalue weighted by Crippen LogP contribution is -2.18. The van der Waals surface area contributed by atoms with Gasteiger partial charge in [-0.3, -0.25) is 0 Å². The Hall–Kier alpha value is -1.19. The molecule has 1 unspecified atom stereocenters. The number of halogens is 2. The Kier molecular flexibility index (Phi) is 4.50. The molecule has 1 nitrogen and oxygen atoms in total. The van der Waals surface area contributed by atoms with E-state index in [1.807, 2.05) is 24.3 Å². The molecule has 0 aliphatic rings. The lowest BCUT2D eigenvalue weighted by Gasteiger charge is -2.14. The van der Waals surface area contributed by atoms with Gasteiger partial charge in [-0.15, -0.1) is 0 Å². The van der Waals surface area contributed by atoms with Gasteiger partial charge in [0.1, 0.15) is 5.82 Å². The topological polar surface area (TPSA) is 12.0 Å². The van der Waals surface area contributed by atoms with Crippen molar-refractivity contribution in [3.8, 4) is 0 Å². The summed E-state index contributed by atoms with van der Waals surface area (Å²) < 4.78 is 13.9. The molecule has 18 heavy (non-hydrogen) atoms. The summed E-state index contributed by atoms with van der Waals surface area (Å²) >= 11 is 3.15. The number of rotatable bonds is 4. The van der Waals surface area contributed by atoms with E-state index in [2.05, 4.69) is 40.3 Å². The molecule has 2 aromatic carbocycles. The molecule has 0 amide bonds. The Labute approximate surface area is 115 Å². The van der Waals surface area contributed by atoms with Crippen LogP contribution in [0.5, 0.6) is 0 Å². The molecule has 3 heteroatoms. The molecule has 1 N–H and O–H groups in total. The summed E-state index contributed by atoms with van der Waals surface area (Å²) in [7, 11) is 0. The smallest absolute Gasteiger partial charge is 0.137 e. The van der Waals surface area contributed by atoms with Crippen molar-refractivity contribution < 1.29 is 4.39 Å². The second-order valence-corrected chi connectivity index (χ2v) is 5.12. The second kappa shape index (κ2) is 6.12. The summed E-state index contributed by atoms with van der Waals surface area (Å²) in [5.74, 6) is -0.221. The average Bonchev–Trinajstić information content (AvgIpc) is 2.41. The molecule has 0 bridgehead atoms. The minimum atomic E-state index is -0.221. The van der Waals surface area contributed by atoms with Crippen LogP contribution in [-0.4, -0.2) is 0 Å². The third kappa shape index (κ3) is 3.40. The van der Waals surface area contributed by atoms with Crippen molar-refractivity contribution in [3.63, 3.8) is 0 Å². The lowest BCUT2D eigenvalue weighted by atomic mass is 10.1. The van der Waals surface area contributed by atoms with Gasteiger partial charge in [-0.1, -0.05) is 36.4 Å². The molecule has 0 saturated carbocycles. The minimum absolute atomic E-state index is 0.221. The number of hydrogen-bond donors (Lipinski definition) is 1. The van der Waals surface area contributed by atoms with E-state index in [4.69, 9.17) is 0 Å². The van der Waals surface area contributed by atoms with E-state index in [-0.39, 0.29) is 11.9 Å². The first-order valence-electron chi connectivity index (χ1n) is 5.89. The number of benzene rings is 2. The minimum Gasteiger partial charge on any atom is -0.306 e. The highest BCUT2D eigenvalue weighted by Crippen LogP contribution is 2.17. The van der Waals surface area contributed by atoms with Gasteiger partial charge in [-0.05, 0) is 46.1 Å². The van der Waals surface area contributed by atoms with Crippen LogP contribution in [0.4, 0.5) is 4.39 Å². The molecule has 94 valence electrons. The van der Waals surface area contributed by atoms with E-state index in [0.717, 1.165) is 5.56 Å². The van der Waals surface area contributed by atoms with E-state index in [0.29, 0.717) is 11.0 Å². The van der Waals surface area contributed by atoms with Gasteiger partial charge in [0.2, 0.25) is 0 Å². The molecule has 0 fully saturated rings. The first-order chi connectivity index (χ1) is 8.66. The fourth-order valence-corrected chi connectivity index (χ4v) is 2.03. The van der Waals surface area contributed by atoms with Crippen molar-refractivity contribution in [2.45, 2.75) is 19.5 Å². The summed E-state index contributed by atoms with van der Waals surface area (Å²) in [6.07, 6.45) is 0. The first kappa shape index (κ1) is 13.2. The Bertz CT molecular complexity index is 513. The van der Waals surface area contributed by atoms with Gasteiger partial charge in [0.15, 0.2) is 0 Å². The maximum atomic E-state index is 13.4. The predicted octanol–water partition coefficient (Wildman–Crippen LogP) is 4.44. The van der Waals surface area contributed by atoms with Crippen LogP contribution < -0.4 is 5.32 Å². The fraction of sp³-hybridized carbons (Fsp3) is 0.200. The van der Waals surface area contributed by atoms with Crippen molar-refractivity contribution in [2.24, 2.45) is 0 Å². The zero-order chi connectivity index (χ0) is 13.0. The summed E-state index contributed by atoms with van der Waals surface area (Å²) in [6.45, 7) is 2.75. The summed E-state index contributed by atoms with van der Waals surface area (Å²) in [4.78, 5) is 0. The molecule has 2 aromatic rings. The lowest BCUT2D eigenvalue weighted by molar-refractivity contribution is 0.568. The van der Waals surface area contributed by atoms with Crippen LogP contribution in [0.25, 0.3) is 0 Å². The number of nitrogens with one attached hydrogen (secondary N) is 1. The van der Waals surface area contributed by atoms with Crippen molar-refractivity contribution in [3.05, 3.63) is 69.9 Å². The maximum Gasteiger partial charge on any atom is 0.137 e. The van der Waals surface area contributed by atoms with Gasteiger partial charge in [-0.25, -0.2) is 4.39 Å². The third-order valence-corrected chi connectivity index (χ3v) is 3.54. The van der Waals surface area contributed by atoms with Crippen LogP contribution in [0.15, 0.2) is 53.0 Å². The normalized spacial score (nSPS) is 12.4. The molecule has 0 aliphatic carbocycles. The third-order valence-electron chi connectivity index (χ3n) is 2.90. The van der Waals surface area contributed by atoms with Crippen molar-refractivity contribution in [1.82, 2.24) is 5.32 Å². The quantitative estimate of drug-likeness (QED) is 0.880. The molecular weight excluding hydrogens is 293 g/mol. The van der Waals surface area contributed by atoms with Crippen LogP contribution >= 0.6 is 15.9 Å². The average molecular weight is 308 g/mol. The highest BCUT2D eigenvalue weighted by atomic mass is 79.9. The molecule has 0 saturated heterocycles. The SMILES string of the molecule is CC(NCc1ccc(Br)c(F)c1)c1ccccc1. The number of hydrogen-bond acceptors (Lipinski definition) is 1. The highest BCUT2D eigenvalue weighted by molar-refractivity contribution is 9.10. The van der Waals surface area contributed by atoms with Gasteiger partial charge in [0.05, 0.1) is 4.47 Å². The molecule has 0 spiro atoms. The van der Waals surface area contributed by atoms with Crippen LogP contribution in [0.2, 0.25) is 0 Å². The molecule has 0 aliphatic heterocycles. The van der Waals surface area contributed by atoms with Crippen molar-refractivity contribution in [1.29, 1.82) is 0 Å². The highest BCUT2D eigenvalue weighted by Gasteiger charge is 2.05. The van der Waals surface area contributed by atoms with Crippen LogP contribution in [0.3, 0.4) is 0 Å². The largest absolute Gasteiger partial charge is 0.306 e. The summed E-state index contributed by atoms with van der Waals surface area (Å²) in [5, 5.41) is 3.38. The molecule has 0 heterocycles. The Morgan fingerprint density at radius 1 is 1.17 bits per heavy atom. The van der Waals surface area contributed by atoms with Crippen molar-refractivity contribution in [2.75, 3.05) is 0 Å². The molecular formula is C15H15BrFN. The van der Waals surface area contributed by atoms with Gasteiger partial charge >= 0.3 is 0 Å². The fourth-order valence-electron chi connectivity index (χ4n) is 1.78. The summed E-state index contributed by atoms with van der Waals surface area (Å²) in [6, 6.07) is 15.7. The van der Waals surface area contributed by atoms with Gasteiger partial charge < -0.3 is 5.32 Å². The van der Waals surface area contributed by atoms with Gasteiger partial charge in [0.25, 0.3) is 0 Å². The van der Waals surface area contributed by atoms with Crippen LogP contribution in [0, 0.1) is 5.82 Å². The zero-order valence-corrected chi connectivity index (χ0v) is 11.7. The predicted molar refractivity (Wildman–Crippen MR) is 75.8 cm³/mol. The van der Waals surface area contributed by atoms with E-state index in [1.54, 1.807) is 12.1 Å². The zero-order valence-electron chi connectivity index (χ0n) is 10.2. The summed E-state index contributed by atoms with van der Waals surface area (Å²) in [5.41, 5.74) is 2.17. The molecule has 0 radical (unpaired) electrons. The second-order valence-electron chi connectivity index (χ2n) is 4.26. The monoisotopic (exact) mass is 307 g/mol. The van der Waals surface area contributed by atoms with E-state index >= 15 is 0 Å².